The first-order valence-electron chi connectivity index (χ1n) is 8.88. The van der Waals surface area contributed by atoms with E-state index >= 15 is 0 Å². The molecule has 0 spiro atoms. The summed E-state index contributed by atoms with van der Waals surface area (Å²) in [6.45, 7) is 3.56. The van der Waals surface area contributed by atoms with Gasteiger partial charge in [0.05, 0.1) is 29.3 Å². The van der Waals surface area contributed by atoms with E-state index in [1.807, 2.05) is 18.2 Å². The topological polar surface area (TPSA) is 49.9 Å². The van der Waals surface area contributed by atoms with Crippen LogP contribution in [-0.2, 0) is 14.3 Å². The second-order valence-corrected chi connectivity index (χ2v) is 8.91. The zero-order valence-corrected chi connectivity index (χ0v) is 18.5. The predicted molar refractivity (Wildman–Crippen MR) is 117 cm³/mol. The zero-order valence-electron chi connectivity index (χ0n) is 15.3. The lowest BCUT2D eigenvalue weighted by Crippen LogP contribution is -2.32. The van der Waals surface area contributed by atoms with Crippen LogP contribution < -0.4 is 4.90 Å². The number of nitrogens with zero attached hydrogens (tertiary/aromatic N) is 2. The molecule has 144 valence electrons. The highest BCUT2D eigenvalue weighted by atomic mass is 79.9. The summed E-state index contributed by atoms with van der Waals surface area (Å²) in [5.41, 5.74) is 2.11. The fourth-order valence-electron chi connectivity index (χ4n) is 3.19. The molecule has 0 bridgehead atoms. The lowest BCUT2D eigenvalue weighted by atomic mass is 10.1. The van der Waals surface area contributed by atoms with Gasteiger partial charge in [-0.2, -0.15) is 0 Å². The Hall–Kier alpha value is -1.22. The van der Waals surface area contributed by atoms with Crippen molar-refractivity contribution in [1.29, 1.82) is 0 Å². The standard InChI is InChI=1S/C19H21BrN2O3S2/c1-3-4-5-8-21-14-7-6-12(20)11-13(14)15(17(21)23)16-18(24)22(9-10-25-2)19(26)27-16/h6-7,11H,3-5,8-10H2,1-2H3/b16-15+. The maximum absolute atomic E-state index is 13.2. The molecule has 0 saturated carbocycles. The maximum atomic E-state index is 13.2. The van der Waals surface area contributed by atoms with Crippen LogP contribution in [0.5, 0.6) is 0 Å². The molecular weight excluding hydrogens is 448 g/mol. The summed E-state index contributed by atoms with van der Waals surface area (Å²) in [4.78, 5) is 29.9. The van der Waals surface area contributed by atoms with Crippen molar-refractivity contribution in [3.05, 3.63) is 33.1 Å². The highest BCUT2D eigenvalue weighted by molar-refractivity contribution is 9.10. The molecule has 0 aromatic heterocycles. The minimum atomic E-state index is -0.216. The molecule has 2 heterocycles. The van der Waals surface area contributed by atoms with E-state index in [1.54, 1.807) is 12.0 Å². The number of halogens is 1. The maximum Gasteiger partial charge on any atom is 0.267 e. The number of hydrogen-bond acceptors (Lipinski definition) is 5. The summed E-state index contributed by atoms with van der Waals surface area (Å²) < 4.78 is 6.40. The van der Waals surface area contributed by atoms with Gasteiger partial charge in [0.15, 0.2) is 0 Å². The number of rotatable bonds is 7. The number of amides is 2. The van der Waals surface area contributed by atoms with Gasteiger partial charge in [-0.3, -0.25) is 14.5 Å². The van der Waals surface area contributed by atoms with Gasteiger partial charge in [0, 0.05) is 23.7 Å². The van der Waals surface area contributed by atoms with Crippen LogP contribution in [0.15, 0.2) is 27.6 Å². The number of ether oxygens (including phenoxy) is 1. The first-order valence-corrected chi connectivity index (χ1v) is 10.9. The van der Waals surface area contributed by atoms with Gasteiger partial charge in [-0.25, -0.2) is 0 Å². The third-order valence-corrected chi connectivity index (χ3v) is 6.50. The molecule has 5 nitrogen and oxygen atoms in total. The molecule has 27 heavy (non-hydrogen) atoms. The summed E-state index contributed by atoms with van der Waals surface area (Å²) in [6, 6.07) is 5.76. The minimum absolute atomic E-state index is 0.119. The van der Waals surface area contributed by atoms with Crippen molar-refractivity contribution < 1.29 is 14.3 Å². The van der Waals surface area contributed by atoms with Crippen molar-refractivity contribution in [3.8, 4) is 0 Å². The smallest absolute Gasteiger partial charge is 0.267 e. The number of thiocarbonyl (C=S) groups is 1. The third kappa shape index (κ3) is 3.99. The predicted octanol–water partition coefficient (Wildman–Crippen LogP) is 4.20. The van der Waals surface area contributed by atoms with Crippen molar-refractivity contribution in [1.82, 2.24) is 4.90 Å². The molecule has 0 radical (unpaired) electrons. The van der Waals surface area contributed by atoms with Crippen LogP contribution in [0.2, 0.25) is 0 Å². The Bertz CT molecular complexity index is 825. The van der Waals surface area contributed by atoms with Crippen LogP contribution in [0.4, 0.5) is 5.69 Å². The van der Waals surface area contributed by atoms with Crippen molar-refractivity contribution in [2.24, 2.45) is 0 Å². The van der Waals surface area contributed by atoms with Gasteiger partial charge in [0.2, 0.25) is 0 Å². The van der Waals surface area contributed by atoms with Gasteiger partial charge in [0.25, 0.3) is 11.8 Å². The molecule has 0 aliphatic carbocycles. The van der Waals surface area contributed by atoms with E-state index in [0.717, 1.165) is 35.0 Å². The lowest BCUT2D eigenvalue weighted by Gasteiger charge is -2.16. The van der Waals surface area contributed by atoms with Crippen molar-refractivity contribution in [3.63, 3.8) is 0 Å². The Morgan fingerprint density at radius 3 is 2.63 bits per heavy atom. The van der Waals surface area contributed by atoms with E-state index in [0.29, 0.717) is 34.5 Å². The van der Waals surface area contributed by atoms with Crippen LogP contribution in [0, 0.1) is 0 Å². The summed E-state index contributed by atoms with van der Waals surface area (Å²) >= 11 is 10.0. The fourth-order valence-corrected chi connectivity index (χ4v) is 4.93. The van der Waals surface area contributed by atoms with E-state index in [4.69, 9.17) is 17.0 Å². The molecule has 2 aliphatic rings. The fraction of sp³-hybridized carbons (Fsp3) is 0.421. The molecule has 1 aromatic rings. The summed E-state index contributed by atoms with van der Waals surface area (Å²) in [5, 5.41) is 0. The van der Waals surface area contributed by atoms with Crippen LogP contribution in [0.1, 0.15) is 31.7 Å². The summed E-state index contributed by atoms with van der Waals surface area (Å²) in [5.74, 6) is -0.335. The summed E-state index contributed by atoms with van der Waals surface area (Å²) in [6.07, 6.45) is 3.07. The molecule has 3 rings (SSSR count). The van der Waals surface area contributed by atoms with Gasteiger partial charge < -0.3 is 9.64 Å². The number of carbonyl (C=O) groups is 2. The van der Waals surface area contributed by atoms with Gasteiger partial charge >= 0.3 is 0 Å². The molecule has 1 saturated heterocycles. The Kier molecular flexibility index (Phi) is 6.73. The first kappa shape index (κ1) is 20.5. The SMILES string of the molecule is CCCCCN1C(=O)/C(=C2/SC(=S)N(CCOC)C2=O)c2cc(Br)ccc21. The molecule has 1 aromatic carbocycles. The second kappa shape index (κ2) is 8.86. The van der Waals surface area contributed by atoms with Crippen molar-refractivity contribution in [2.75, 3.05) is 31.7 Å². The van der Waals surface area contributed by atoms with E-state index in [9.17, 15) is 9.59 Å². The molecule has 0 N–H and O–H groups in total. The minimum Gasteiger partial charge on any atom is -0.383 e. The quantitative estimate of drug-likeness (QED) is 0.340. The van der Waals surface area contributed by atoms with E-state index in [2.05, 4.69) is 22.9 Å². The molecule has 0 unspecified atom stereocenters. The Morgan fingerprint density at radius 2 is 1.93 bits per heavy atom. The van der Waals surface area contributed by atoms with Gasteiger partial charge in [-0.05, 0) is 24.6 Å². The number of fused-ring (bicyclic) bond motifs is 1. The van der Waals surface area contributed by atoms with Crippen LogP contribution >= 0.6 is 39.9 Å². The molecule has 1 fully saturated rings. The van der Waals surface area contributed by atoms with Crippen molar-refractivity contribution >= 4 is 67.3 Å². The number of anilines is 1. The molecule has 2 aliphatic heterocycles. The number of benzene rings is 1. The van der Waals surface area contributed by atoms with Crippen LogP contribution in [0.25, 0.3) is 5.57 Å². The Balaban J connectivity index is 2.01. The van der Waals surface area contributed by atoms with Crippen molar-refractivity contribution in [2.45, 2.75) is 26.2 Å². The normalized spacial score (nSPS) is 19.4. The largest absolute Gasteiger partial charge is 0.383 e. The lowest BCUT2D eigenvalue weighted by molar-refractivity contribution is -0.123. The van der Waals surface area contributed by atoms with Gasteiger partial charge in [-0.1, -0.05) is 59.7 Å². The average Bonchev–Trinajstić information content (AvgIpc) is 3.06. The highest BCUT2D eigenvalue weighted by Gasteiger charge is 2.41. The first-order chi connectivity index (χ1) is 13.0. The van der Waals surface area contributed by atoms with Crippen LogP contribution in [0.3, 0.4) is 0 Å². The molecule has 2 amide bonds. The van der Waals surface area contributed by atoms with E-state index in [1.165, 1.54) is 16.7 Å². The van der Waals surface area contributed by atoms with E-state index in [-0.39, 0.29) is 11.8 Å². The van der Waals surface area contributed by atoms with Crippen LogP contribution in [-0.4, -0.2) is 47.8 Å². The Labute approximate surface area is 177 Å². The Morgan fingerprint density at radius 1 is 1.15 bits per heavy atom. The molecular formula is C19H21BrN2O3S2. The summed E-state index contributed by atoms with van der Waals surface area (Å²) in [7, 11) is 1.58. The van der Waals surface area contributed by atoms with Gasteiger partial charge in [0.1, 0.15) is 4.32 Å². The number of methoxy groups -OCH3 is 1. The monoisotopic (exact) mass is 468 g/mol. The number of hydrogen-bond donors (Lipinski definition) is 0. The highest BCUT2D eigenvalue weighted by Crippen LogP contribution is 2.45. The van der Waals surface area contributed by atoms with E-state index < -0.39 is 0 Å². The van der Waals surface area contributed by atoms with Gasteiger partial charge in [-0.15, -0.1) is 0 Å². The number of carbonyl (C=O) groups excluding carboxylic acids is 2. The molecule has 8 heteroatoms. The zero-order chi connectivity index (χ0) is 19.6. The molecule has 0 atom stereocenters. The average molecular weight is 469 g/mol. The second-order valence-electron chi connectivity index (χ2n) is 6.35. The number of thioether (sulfide) groups is 1. The number of unbranched alkanes of at least 4 members (excludes halogenated alkanes) is 2. The third-order valence-electron chi connectivity index (χ3n) is 4.56.